The van der Waals surface area contributed by atoms with Gasteiger partial charge in [-0.25, -0.2) is 0 Å². The highest BCUT2D eigenvalue weighted by Gasteiger charge is 2.01. The lowest BCUT2D eigenvalue weighted by Gasteiger charge is -1.95. The van der Waals surface area contributed by atoms with Crippen molar-refractivity contribution < 1.29 is 4.74 Å². The van der Waals surface area contributed by atoms with Crippen molar-refractivity contribution in [2.45, 2.75) is 13.8 Å². The third-order valence-electron chi connectivity index (χ3n) is 1.46. The lowest BCUT2D eigenvalue weighted by atomic mass is 10.3. The van der Waals surface area contributed by atoms with Gasteiger partial charge in [0.2, 0.25) is 0 Å². The first kappa shape index (κ1) is 6.62. The van der Waals surface area contributed by atoms with Crippen LogP contribution in [0.3, 0.4) is 0 Å². The first-order valence-corrected chi connectivity index (χ1v) is 3.72. The van der Waals surface area contributed by atoms with Crippen molar-refractivity contribution in [3.8, 4) is 5.75 Å². The van der Waals surface area contributed by atoms with Crippen LogP contribution in [0.2, 0.25) is 0 Å². The van der Waals surface area contributed by atoms with E-state index in [0.717, 1.165) is 5.75 Å². The molecule has 0 spiro atoms. The maximum absolute atomic E-state index is 5.08. The summed E-state index contributed by atoms with van der Waals surface area (Å²) in [7, 11) is 1.70. The van der Waals surface area contributed by atoms with Crippen molar-refractivity contribution in [2.24, 2.45) is 0 Å². The molecule has 0 aromatic carbocycles. The maximum atomic E-state index is 5.08. The second-order valence-electron chi connectivity index (χ2n) is 1.99. The molecule has 1 nitrogen and oxygen atoms in total. The van der Waals surface area contributed by atoms with E-state index in [1.165, 1.54) is 10.4 Å². The Hall–Kier alpha value is -0.500. The molecule has 2 heteroatoms. The quantitative estimate of drug-likeness (QED) is 0.585. The molecule has 0 saturated heterocycles. The number of methoxy groups -OCH3 is 1. The zero-order chi connectivity index (χ0) is 6.85. The molecule has 0 atom stereocenters. The summed E-state index contributed by atoms with van der Waals surface area (Å²) in [5, 5.41) is 2.03. The molecule has 1 rings (SSSR count). The zero-order valence-electron chi connectivity index (χ0n) is 5.89. The van der Waals surface area contributed by atoms with E-state index in [-0.39, 0.29) is 0 Å². The molecular formula is C7H10OS. The van der Waals surface area contributed by atoms with Crippen LogP contribution in [0.4, 0.5) is 0 Å². The Morgan fingerprint density at radius 3 is 2.33 bits per heavy atom. The fourth-order valence-electron chi connectivity index (χ4n) is 0.693. The minimum Gasteiger partial charge on any atom is -0.496 e. The van der Waals surface area contributed by atoms with Gasteiger partial charge < -0.3 is 4.74 Å². The highest BCUT2D eigenvalue weighted by molar-refractivity contribution is 7.10. The average molecular weight is 142 g/mol. The molecule has 0 saturated carbocycles. The van der Waals surface area contributed by atoms with E-state index in [0.29, 0.717) is 0 Å². The molecule has 0 unspecified atom stereocenters. The van der Waals surface area contributed by atoms with Crippen LogP contribution in [0.15, 0.2) is 5.38 Å². The number of rotatable bonds is 1. The van der Waals surface area contributed by atoms with Gasteiger partial charge in [0.25, 0.3) is 0 Å². The first-order valence-electron chi connectivity index (χ1n) is 2.84. The minimum atomic E-state index is 1.01. The van der Waals surface area contributed by atoms with Crippen molar-refractivity contribution in [1.82, 2.24) is 0 Å². The predicted octanol–water partition coefficient (Wildman–Crippen LogP) is 2.37. The predicted molar refractivity (Wildman–Crippen MR) is 40.3 cm³/mol. The molecule has 1 aromatic rings. The normalized spacial score (nSPS) is 9.67. The molecule has 1 aromatic heterocycles. The van der Waals surface area contributed by atoms with Crippen LogP contribution in [0.5, 0.6) is 5.75 Å². The Labute approximate surface area is 59.3 Å². The standard InChI is InChI=1S/C7H10OS/c1-5-6(2)9-4-7(5)8-3/h4H,1-3H3. The van der Waals surface area contributed by atoms with Crippen LogP contribution in [-0.4, -0.2) is 7.11 Å². The smallest absolute Gasteiger partial charge is 0.132 e. The van der Waals surface area contributed by atoms with Crippen molar-refractivity contribution in [2.75, 3.05) is 7.11 Å². The van der Waals surface area contributed by atoms with Crippen molar-refractivity contribution in [3.63, 3.8) is 0 Å². The SMILES string of the molecule is COc1csc(C)c1C. The van der Waals surface area contributed by atoms with Crippen LogP contribution in [-0.2, 0) is 0 Å². The molecule has 0 bridgehead atoms. The molecule has 0 fully saturated rings. The van der Waals surface area contributed by atoms with E-state index in [4.69, 9.17) is 4.74 Å². The van der Waals surface area contributed by atoms with Gasteiger partial charge in [0.1, 0.15) is 5.75 Å². The Kier molecular flexibility index (Phi) is 1.76. The van der Waals surface area contributed by atoms with E-state index in [9.17, 15) is 0 Å². The summed E-state index contributed by atoms with van der Waals surface area (Å²) in [5.74, 6) is 1.01. The Bertz CT molecular complexity index is 203. The summed E-state index contributed by atoms with van der Waals surface area (Å²) in [6.07, 6.45) is 0. The van der Waals surface area contributed by atoms with E-state index >= 15 is 0 Å². The monoisotopic (exact) mass is 142 g/mol. The van der Waals surface area contributed by atoms with Gasteiger partial charge in [-0.15, -0.1) is 11.3 Å². The third-order valence-corrected chi connectivity index (χ3v) is 2.45. The molecule has 9 heavy (non-hydrogen) atoms. The lowest BCUT2D eigenvalue weighted by molar-refractivity contribution is 0.413. The summed E-state index contributed by atoms with van der Waals surface area (Å²) in [4.78, 5) is 1.34. The van der Waals surface area contributed by atoms with Gasteiger partial charge in [0.15, 0.2) is 0 Å². The minimum absolute atomic E-state index is 1.01. The number of ether oxygens (including phenoxy) is 1. The Balaban J connectivity index is 3.04. The second-order valence-corrected chi connectivity index (χ2v) is 3.07. The Morgan fingerprint density at radius 2 is 2.11 bits per heavy atom. The van der Waals surface area contributed by atoms with E-state index < -0.39 is 0 Å². The number of hydrogen-bond donors (Lipinski definition) is 0. The fourth-order valence-corrected chi connectivity index (χ4v) is 1.53. The fraction of sp³-hybridized carbons (Fsp3) is 0.429. The van der Waals surface area contributed by atoms with Crippen molar-refractivity contribution in [1.29, 1.82) is 0 Å². The lowest BCUT2D eigenvalue weighted by Crippen LogP contribution is -1.81. The average Bonchev–Trinajstić information content (AvgIpc) is 2.15. The molecule has 0 aliphatic carbocycles. The number of thiophene rings is 1. The summed E-state index contributed by atoms with van der Waals surface area (Å²) < 4.78 is 5.08. The van der Waals surface area contributed by atoms with Gasteiger partial charge in [-0.3, -0.25) is 0 Å². The molecular weight excluding hydrogens is 132 g/mol. The molecule has 1 heterocycles. The molecule has 50 valence electrons. The van der Waals surface area contributed by atoms with Crippen molar-refractivity contribution >= 4 is 11.3 Å². The van der Waals surface area contributed by atoms with E-state index in [2.05, 4.69) is 13.8 Å². The van der Waals surface area contributed by atoms with Gasteiger partial charge in [-0.05, 0) is 13.8 Å². The molecule has 0 aliphatic rings. The van der Waals surface area contributed by atoms with Gasteiger partial charge in [-0.1, -0.05) is 0 Å². The number of hydrogen-bond acceptors (Lipinski definition) is 2. The van der Waals surface area contributed by atoms with Crippen LogP contribution in [0, 0.1) is 13.8 Å². The largest absolute Gasteiger partial charge is 0.496 e. The zero-order valence-corrected chi connectivity index (χ0v) is 6.71. The summed E-state index contributed by atoms with van der Waals surface area (Å²) in [5.41, 5.74) is 1.27. The van der Waals surface area contributed by atoms with Crippen LogP contribution in [0.1, 0.15) is 10.4 Å². The first-order chi connectivity index (χ1) is 4.25. The topological polar surface area (TPSA) is 9.23 Å². The highest BCUT2D eigenvalue weighted by atomic mass is 32.1. The molecule has 0 amide bonds. The Morgan fingerprint density at radius 1 is 1.44 bits per heavy atom. The van der Waals surface area contributed by atoms with Crippen LogP contribution >= 0.6 is 11.3 Å². The van der Waals surface area contributed by atoms with Gasteiger partial charge in [0.05, 0.1) is 7.11 Å². The molecule has 0 aliphatic heterocycles. The summed E-state index contributed by atoms with van der Waals surface area (Å²) >= 11 is 1.73. The van der Waals surface area contributed by atoms with Crippen LogP contribution < -0.4 is 4.74 Å². The van der Waals surface area contributed by atoms with Crippen LogP contribution in [0.25, 0.3) is 0 Å². The second kappa shape index (κ2) is 2.40. The van der Waals surface area contributed by atoms with E-state index in [1.54, 1.807) is 18.4 Å². The summed E-state index contributed by atoms with van der Waals surface area (Å²) in [6, 6.07) is 0. The summed E-state index contributed by atoms with van der Waals surface area (Å²) in [6.45, 7) is 4.17. The number of aryl methyl sites for hydroxylation is 1. The van der Waals surface area contributed by atoms with Gasteiger partial charge >= 0.3 is 0 Å². The van der Waals surface area contributed by atoms with Gasteiger partial charge in [-0.2, -0.15) is 0 Å². The molecule has 0 N–H and O–H groups in total. The van der Waals surface area contributed by atoms with Crippen molar-refractivity contribution in [3.05, 3.63) is 15.8 Å². The molecule has 0 radical (unpaired) electrons. The third kappa shape index (κ3) is 1.08. The van der Waals surface area contributed by atoms with Gasteiger partial charge in [0, 0.05) is 15.8 Å². The maximum Gasteiger partial charge on any atom is 0.132 e. The van der Waals surface area contributed by atoms with E-state index in [1.807, 2.05) is 5.38 Å². The highest BCUT2D eigenvalue weighted by Crippen LogP contribution is 2.26.